The molecular weight excluding hydrogens is 322 g/mol. The fourth-order valence-electron chi connectivity index (χ4n) is 4.00. The second kappa shape index (κ2) is 6.33. The van der Waals surface area contributed by atoms with Crippen LogP contribution in [0.5, 0.6) is 0 Å². The molecule has 6 heteroatoms. The molecule has 128 valence electrons. The Kier molecular flexibility index (Phi) is 4.18. The molecule has 0 unspecified atom stereocenters. The molecule has 4 heterocycles. The molecule has 2 fully saturated rings. The highest BCUT2D eigenvalue weighted by atomic mass is 32.1. The smallest absolute Gasteiger partial charge is 0.257 e. The number of furan rings is 1. The van der Waals surface area contributed by atoms with Crippen LogP contribution in [0.25, 0.3) is 0 Å². The molecule has 0 saturated carbocycles. The average molecular weight is 345 g/mol. The van der Waals surface area contributed by atoms with E-state index in [-0.39, 0.29) is 5.91 Å². The minimum Gasteiger partial charge on any atom is -0.469 e. The van der Waals surface area contributed by atoms with Gasteiger partial charge < -0.3 is 9.32 Å². The van der Waals surface area contributed by atoms with Crippen LogP contribution >= 0.6 is 11.3 Å². The van der Waals surface area contributed by atoms with Crippen LogP contribution in [-0.2, 0) is 6.54 Å². The summed E-state index contributed by atoms with van der Waals surface area (Å²) < 4.78 is 5.29. The van der Waals surface area contributed by atoms with Crippen LogP contribution in [-0.4, -0.2) is 46.9 Å². The number of likely N-dealkylation sites (tertiary alicyclic amines) is 2. The monoisotopic (exact) mass is 345 g/mol. The van der Waals surface area contributed by atoms with Crippen molar-refractivity contribution in [1.82, 2.24) is 14.8 Å². The predicted octanol–water partition coefficient (Wildman–Crippen LogP) is 3.17. The van der Waals surface area contributed by atoms with Gasteiger partial charge in [-0.1, -0.05) is 0 Å². The van der Waals surface area contributed by atoms with Gasteiger partial charge in [0.1, 0.15) is 10.8 Å². The van der Waals surface area contributed by atoms with Gasteiger partial charge in [-0.25, -0.2) is 4.98 Å². The molecule has 2 aromatic heterocycles. The second-order valence-corrected chi connectivity index (χ2v) is 8.05. The summed E-state index contributed by atoms with van der Waals surface area (Å²) >= 11 is 1.73. The molecule has 0 aromatic carbocycles. The SMILES string of the molecule is Cc1occc1C(=O)N1CCC2(CCN(Cc3nccs3)CC2)C1. The maximum Gasteiger partial charge on any atom is 0.257 e. The standard InChI is InChI=1S/C18H23N3O2S/c1-14-15(2-10-23-14)17(22)21-9-5-18(13-21)3-7-20(8-4-18)12-16-19-6-11-24-16/h2,6,10-11H,3-5,7-9,12-13H2,1H3. The molecule has 0 N–H and O–H groups in total. The van der Waals surface area contributed by atoms with E-state index >= 15 is 0 Å². The van der Waals surface area contributed by atoms with Gasteiger partial charge in [0.15, 0.2) is 0 Å². The zero-order chi connectivity index (χ0) is 16.6. The molecular formula is C18H23N3O2S. The number of rotatable bonds is 3. The Morgan fingerprint density at radius 3 is 2.79 bits per heavy atom. The molecule has 1 spiro atoms. The van der Waals surface area contributed by atoms with Gasteiger partial charge in [-0.3, -0.25) is 9.69 Å². The first-order valence-electron chi connectivity index (χ1n) is 8.59. The lowest BCUT2D eigenvalue weighted by Crippen LogP contribution is -2.42. The van der Waals surface area contributed by atoms with Gasteiger partial charge in [0.25, 0.3) is 5.91 Å². The van der Waals surface area contributed by atoms with Gasteiger partial charge in [-0.05, 0) is 50.8 Å². The molecule has 0 atom stereocenters. The van der Waals surface area contributed by atoms with Crippen LogP contribution in [0.3, 0.4) is 0 Å². The first-order chi connectivity index (χ1) is 11.7. The highest BCUT2D eigenvalue weighted by Crippen LogP contribution is 2.41. The van der Waals surface area contributed by atoms with Crippen molar-refractivity contribution >= 4 is 17.2 Å². The minimum atomic E-state index is 0.128. The van der Waals surface area contributed by atoms with E-state index in [4.69, 9.17) is 4.42 Å². The van der Waals surface area contributed by atoms with Crippen molar-refractivity contribution in [3.63, 3.8) is 0 Å². The van der Waals surface area contributed by atoms with Gasteiger partial charge in [0, 0.05) is 24.7 Å². The number of hydrogen-bond donors (Lipinski definition) is 0. The Morgan fingerprint density at radius 1 is 1.33 bits per heavy atom. The molecule has 1 amide bonds. The third-order valence-corrected chi connectivity index (χ3v) is 6.34. The van der Waals surface area contributed by atoms with Crippen LogP contribution in [0, 0.1) is 12.3 Å². The van der Waals surface area contributed by atoms with Crippen molar-refractivity contribution in [2.75, 3.05) is 26.2 Å². The molecule has 0 aliphatic carbocycles. The Bertz CT molecular complexity index is 702. The fourth-order valence-corrected chi connectivity index (χ4v) is 4.66. The number of thiazole rings is 1. The van der Waals surface area contributed by atoms with Gasteiger partial charge >= 0.3 is 0 Å². The topological polar surface area (TPSA) is 49.6 Å². The number of piperidine rings is 1. The lowest BCUT2D eigenvalue weighted by Gasteiger charge is -2.39. The molecule has 24 heavy (non-hydrogen) atoms. The summed E-state index contributed by atoms with van der Waals surface area (Å²) in [6, 6.07) is 1.79. The summed E-state index contributed by atoms with van der Waals surface area (Å²) in [7, 11) is 0. The van der Waals surface area contributed by atoms with Crippen molar-refractivity contribution in [3.05, 3.63) is 40.2 Å². The van der Waals surface area contributed by atoms with Crippen LogP contribution in [0.1, 0.15) is 40.4 Å². The second-order valence-electron chi connectivity index (χ2n) is 7.07. The molecule has 5 nitrogen and oxygen atoms in total. The number of hydrogen-bond acceptors (Lipinski definition) is 5. The number of aryl methyl sites for hydroxylation is 1. The van der Waals surface area contributed by atoms with Crippen molar-refractivity contribution in [3.8, 4) is 0 Å². The maximum absolute atomic E-state index is 12.7. The highest BCUT2D eigenvalue weighted by Gasteiger charge is 2.42. The van der Waals surface area contributed by atoms with Gasteiger partial charge in [0.05, 0.1) is 18.4 Å². The summed E-state index contributed by atoms with van der Waals surface area (Å²) in [6.07, 6.45) is 6.95. The molecule has 4 rings (SSSR count). The number of carbonyl (C=O) groups excluding carboxylic acids is 1. The van der Waals surface area contributed by atoms with Crippen molar-refractivity contribution in [2.24, 2.45) is 5.41 Å². The number of nitrogens with zero attached hydrogens (tertiary/aromatic N) is 3. The van der Waals surface area contributed by atoms with E-state index in [0.29, 0.717) is 11.0 Å². The first-order valence-corrected chi connectivity index (χ1v) is 9.47. The van der Waals surface area contributed by atoms with E-state index < -0.39 is 0 Å². The van der Waals surface area contributed by atoms with Crippen LogP contribution in [0.4, 0.5) is 0 Å². The zero-order valence-corrected chi connectivity index (χ0v) is 14.8. The van der Waals surface area contributed by atoms with Crippen LogP contribution in [0.15, 0.2) is 28.3 Å². The molecule has 2 saturated heterocycles. The Hall–Kier alpha value is -1.66. The van der Waals surface area contributed by atoms with Gasteiger partial charge in [-0.15, -0.1) is 11.3 Å². The maximum atomic E-state index is 12.7. The summed E-state index contributed by atoms with van der Waals surface area (Å²) in [6.45, 7) is 6.79. The third kappa shape index (κ3) is 3.00. The predicted molar refractivity (Wildman–Crippen MR) is 93.0 cm³/mol. The van der Waals surface area contributed by atoms with E-state index in [1.54, 1.807) is 23.7 Å². The first kappa shape index (κ1) is 15.8. The van der Waals surface area contributed by atoms with Crippen molar-refractivity contribution in [2.45, 2.75) is 32.7 Å². The Labute approximate surface area is 146 Å². The quantitative estimate of drug-likeness (QED) is 0.857. The van der Waals surface area contributed by atoms with E-state index in [1.807, 2.05) is 23.4 Å². The van der Waals surface area contributed by atoms with Gasteiger partial charge in [-0.2, -0.15) is 0 Å². The number of aromatic nitrogens is 1. The lowest BCUT2D eigenvalue weighted by molar-refractivity contribution is 0.0712. The van der Waals surface area contributed by atoms with Crippen LogP contribution in [0.2, 0.25) is 0 Å². The number of amides is 1. The van der Waals surface area contributed by atoms with Crippen molar-refractivity contribution < 1.29 is 9.21 Å². The number of carbonyl (C=O) groups is 1. The average Bonchev–Trinajstić information content (AvgIpc) is 3.31. The van der Waals surface area contributed by atoms with E-state index in [9.17, 15) is 4.79 Å². The Morgan fingerprint density at radius 2 is 2.12 bits per heavy atom. The third-order valence-electron chi connectivity index (χ3n) is 5.57. The van der Waals surface area contributed by atoms with Gasteiger partial charge in [0.2, 0.25) is 0 Å². The summed E-state index contributed by atoms with van der Waals surface area (Å²) in [5, 5.41) is 3.24. The van der Waals surface area contributed by atoms with E-state index in [0.717, 1.165) is 44.9 Å². The largest absolute Gasteiger partial charge is 0.469 e. The fraction of sp³-hybridized carbons (Fsp3) is 0.556. The molecule has 0 radical (unpaired) electrons. The Balaban J connectivity index is 1.35. The molecule has 2 aromatic rings. The lowest BCUT2D eigenvalue weighted by atomic mass is 9.78. The molecule has 2 aliphatic heterocycles. The van der Waals surface area contributed by atoms with E-state index in [1.165, 1.54) is 17.8 Å². The molecule has 2 aliphatic rings. The van der Waals surface area contributed by atoms with Crippen molar-refractivity contribution in [1.29, 1.82) is 0 Å². The summed E-state index contributed by atoms with van der Waals surface area (Å²) in [4.78, 5) is 21.6. The molecule has 0 bridgehead atoms. The highest BCUT2D eigenvalue weighted by molar-refractivity contribution is 7.09. The summed E-state index contributed by atoms with van der Waals surface area (Å²) in [5.74, 6) is 0.850. The minimum absolute atomic E-state index is 0.128. The zero-order valence-electron chi connectivity index (χ0n) is 14.0. The normalized spacial score (nSPS) is 20.8. The van der Waals surface area contributed by atoms with E-state index in [2.05, 4.69) is 9.88 Å². The van der Waals surface area contributed by atoms with Crippen LogP contribution < -0.4 is 0 Å². The summed E-state index contributed by atoms with van der Waals surface area (Å²) in [5.41, 5.74) is 1.03.